The molecule has 0 bridgehead atoms. The van der Waals surface area contributed by atoms with Crippen molar-refractivity contribution in [3.05, 3.63) is 45.5 Å². The third-order valence-electron chi connectivity index (χ3n) is 3.73. The lowest BCUT2D eigenvalue weighted by Crippen LogP contribution is -1.99. The average Bonchev–Trinajstić information content (AvgIpc) is 3.23. The molecule has 0 aliphatic heterocycles. The van der Waals surface area contributed by atoms with Crippen molar-refractivity contribution in [2.75, 3.05) is 5.32 Å². The van der Waals surface area contributed by atoms with Crippen LogP contribution in [0.2, 0.25) is 0 Å². The van der Waals surface area contributed by atoms with E-state index in [-0.39, 0.29) is 0 Å². The first-order chi connectivity index (χ1) is 12.3. The SMILES string of the molecule is CC#Cc1cc(NCc2cccs2)c2oc(CCC)c(C#CC)c2n1. The standard InChI is InChI=1S/C21H20N2OS/c1-4-8-15-13-18(22-14-16-11-7-12-25-16)21-20(23-15)17(9-5-2)19(24-21)10-6-3/h7,11-13H,6,10,14H2,1-3H3,(H,22,23). The van der Waals surface area contributed by atoms with Gasteiger partial charge in [-0.1, -0.05) is 24.8 Å². The van der Waals surface area contributed by atoms with E-state index in [4.69, 9.17) is 4.42 Å². The van der Waals surface area contributed by atoms with E-state index in [2.05, 4.69) is 58.4 Å². The van der Waals surface area contributed by atoms with Crippen molar-refractivity contribution in [1.29, 1.82) is 0 Å². The van der Waals surface area contributed by atoms with Crippen LogP contribution in [0.25, 0.3) is 11.1 Å². The number of fused-ring (bicyclic) bond motifs is 1. The van der Waals surface area contributed by atoms with Crippen molar-refractivity contribution in [3.63, 3.8) is 0 Å². The molecule has 3 nitrogen and oxygen atoms in total. The number of aromatic nitrogens is 1. The molecule has 0 aromatic carbocycles. The molecule has 3 heterocycles. The fraction of sp³-hybridized carbons (Fsp3) is 0.286. The molecule has 0 radical (unpaired) electrons. The summed E-state index contributed by atoms with van der Waals surface area (Å²) in [6.45, 7) is 6.53. The van der Waals surface area contributed by atoms with Crippen LogP contribution in [0.4, 0.5) is 5.69 Å². The molecule has 3 rings (SSSR count). The first-order valence-electron chi connectivity index (χ1n) is 8.35. The Labute approximate surface area is 152 Å². The van der Waals surface area contributed by atoms with Crippen LogP contribution in [0.3, 0.4) is 0 Å². The van der Waals surface area contributed by atoms with E-state index < -0.39 is 0 Å². The number of furan rings is 1. The zero-order chi connectivity index (χ0) is 17.6. The normalized spacial score (nSPS) is 10.0. The number of hydrogen-bond acceptors (Lipinski definition) is 4. The molecular weight excluding hydrogens is 328 g/mol. The van der Waals surface area contributed by atoms with Crippen LogP contribution < -0.4 is 5.32 Å². The van der Waals surface area contributed by atoms with Gasteiger partial charge in [0.25, 0.3) is 0 Å². The number of anilines is 1. The summed E-state index contributed by atoms with van der Waals surface area (Å²) in [5, 5.41) is 5.55. The van der Waals surface area contributed by atoms with Gasteiger partial charge in [0, 0.05) is 17.8 Å². The zero-order valence-electron chi connectivity index (χ0n) is 14.7. The van der Waals surface area contributed by atoms with E-state index in [0.717, 1.165) is 53.2 Å². The van der Waals surface area contributed by atoms with E-state index in [0.29, 0.717) is 0 Å². The fourth-order valence-corrected chi connectivity index (χ4v) is 3.33. The van der Waals surface area contributed by atoms with Crippen LogP contribution in [0.5, 0.6) is 0 Å². The second kappa shape index (κ2) is 7.92. The summed E-state index contributed by atoms with van der Waals surface area (Å²) in [6.07, 6.45) is 1.84. The van der Waals surface area contributed by atoms with Crippen molar-refractivity contribution >= 4 is 28.1 Å². The first kappa shape index (κ1) is 17.1. The topological polar surface area (TPSA) is 38.1 Å². The molecule has 1 N–H and O–H groups in total. The van der Waals surface area contributed by atoms with Gasteiger partial charge < -0.3 is 9.73 Å². The number of aryl methyl sites for hydroxylation is 1. The van der Waals surface area contributed by atoms with E-state index >= 15 is 0 Å². The van der Waals surface area contributed by atoms with E-state index in [9.17, 15) is 0 Å². The number of hydrogen-bond donors (Lipinski definition) is 1. The molecule has 0 aliphatic carbocycles. The van der Waals surface area contributed by atoms with Gasteiger partial charge in [-0.15, -0.1) is 17.3 Å². The van der Waals surface area contributed by atoms with Crippen LogP contribution >= 0.6 is 11.3 Å². The minimum atomic E-state index is 0.728. The minimum Gasteiger partial charge on any atom is -0.456 e. The molecule has 0 fully saturated rings. The van der Waals surface area contributed by atoms with Gasteiger partial charge in [-0.05, 0) is 43.7 Å². The van der Waals surface area contributed by atoms with Gasteiger partial charge in [0.05, 0.1) is 11.3 Å². The number of pyridine rings is 1. The van der Waals surface area contributed by atoms with Crippen LogP contribution in [0.1, 0.15) is 49.1 Å². The molecule has 3 aromatic rings. The van der Waals surface area contributed by atoms with Crippen molar-refractivity contribution < 1.29 is 4.42 Å². The Bertz CT molecular complexity index is 992. The molecule has 4 heteroatoms. The Hall–Kier alpha value is -2.69. The fourth-order valence-electron chi connectivity index (χ4n) is 2.69. The van der Waals surface area contributed by atoms with Crippen LogP contribution in [-0.4, -0.2) is 4.98 Å². The van der Waals surface area contributed by atoms with E-state index in [1.807, 2.05) is 19.9 Å². The molecular formula is C21H20N2OS. The maximum atomic E-state index is 6.15. The number of rotatable bonds is 5. The van der Waals surface area contributed by atoms with Gasteiger partial charge in [-0.25, -0.2) is 4.98 Å². The van der Waals surface area contributed by atoms with Crippen molar-refractivity contribution in [2.24, 2.45) is 0 Å². The van der Waals surface area contributed by atoms with Crippen molar-refractivity contribution in [2.45, 2.75) is 40.2 Å². The number of nitrogens with zero attached hydrogens (tertiary/aromatic N) is 1. The largest absolute Gasteiger partial charge is 0.456 e. The van der Waals surface area contributed by atoms with E-state index in [1.54, 1.807) is 11.3 Å². The molecule has 0 spiro atoms. The summed E-state index contributed by atoms with van der Waals surface area (Å²) in [6, 6.07) is 6.12. The highest BCUT2D eigenvalue weighted by atomic mass is 32.1. The Balaban J connectivity index is 2.13. The van der Waals surface area contributed by atoms with Gasteiger partial charge in [-0.2, -0.15) is 0 Å². The smallest absolute Gasteiger partial charge is 0.177 e. The van der Waals surface area contributed by atoms with Crippen molar-refractivity contribution in [1.82, 2.24) is 4.98 Å². The Morgan fingerprint density at radius 2 is 2.08 bits per heavy atom. The molecule has 3 aromatic heterocycles. The lowest BCUT2D eigenvalue weighted by Gasteiger charge is -2.06. The molecule has 25 heavy (non-hydrogen) atoms. The second-order valence-electron chi connectivity index (χ2n) is 5.57. The monoisotopic (exact) mass is 348 g/mol. The van der Waals surface area contributed by atoms with E-state index in [1.165, 1.54) is 4.88 Å². The maximum Gasteiger partial charge on any atom is 0.177 e. The lowest BCUT2D eigenvalue weighted by molar-refractivity contribution is 0.543. The zero-order valence-corrected chi connectivity index (χ0v) is 15.5. The summed E-state index contributed by atoms with van der Waals surface area (Å²) < 4.78 is 6.15. The summed E-state index contributed by atoms with van der Waals surface area (Å²) in [4.78, 5) is 5.95. The summed E-state index contributed by atoms with van der Waals surface area (Å²) >= 11 is 1.73. The molecule has 0 saturated heterocycles. The Morgan fingerprint density at radius 1 is 1.24 bits per heavy atom. The molecule has 0 aliphatic rings. The lowest BCUT2D eigenvalue weighted by atomic mass is 10.1. The molecule has 0 atom stereocenters. The molecule has 0 saturated carbocycles. The quantitative estimate of drug-likeness (QED) is 0.644. The van der Waals surface area contributed by atoms with Crippen LogP contribution in [-0.2, 0) is 13.0 Å². The molecule has 126 valence electrons. The van der Waals surface area contributed by atoms with Gasteiger partial charge in [0.1, 0.15) is 17.0 Å². The van der Waals surface area contributed by atoms with Gasteiger partial charge >= 0.3 is 0 Å². The minimum absolute atomic E-state index is 0.728. The van der Waals surface area contributed by atoms with Crippen LogP contribution in [0.15, 0.2) is 28.0 Å². The maximum absolute atomic E-state index is 6.15. The third-order valence-corrected chi connectivity index (χ3v) is 4.60. The number of thiophene rings is 1. The summed E-state index contributed by atoms with van der Waals surface area (Å²) in [5.41, 5.74) is 4.09. The second-order valence-corrected chi connectivity index (χ2v) is 6.60. The predicted molar refractivity (Wildman–Crippen MR) is 105 cm³/mol. The third kappa shape index (κ3) is 3.71. The van der Waals surface area contributed by atoms with Gasteiger partial charge in [0.2, 0.25) is 0 Å². The summed E-state index contributed by atoms with van der Waals surface area (Å²) in [5.74, 6) is 13.0. The number of nitrogens with one attached hydrogen (secondary N) is 1. The first-order valence-corrected chi connectivity index (χ1v) is 9.23. The summed E-state index contributed by atoms with van der Waals surface area (Å²) in [7, 11) is 0. The molecule has 0 amide bonds. The Kier molecular flexibility index (Phi) is 5.43. The highest BCUT2D eigenvalue weighted by molar-refractivity contribution is 7.09. The highest BCUT2D eigenvalue weighted by Crippen LogP contribution is 2.31. The molecule has 0 unspecified atom stereocenters. The Morgan fingerprint density at radius 3 is 2.76 bits per heavy atom. The van der Waals surface area contributed by atoms with Gasteiger partial charge in [-0.3, -0.25) is 0 Å². The average molecular weight is 348 g/mol. The van der Waals surface area contributed by atoms with Crippen LogP contribution in [0, 0.1) is 23.7 Å². The predicted octanol–water partition coefficient (Wildman–Crippen LogP) is 5.20. The van der Waals surface area contributed by atoms with Crippen molar-refractivity contribution in [3.8, 4) is 23.7 Å². The highest BCUT2D eigenvalue weighted by Gasteiger charge is 2.18. The van der Waals surface area contributed by atoms with Gasteiger partial charge in [0.15, 0.2) is 5.58 Å².